The van der Waals surface area contributed by atoms with Gasteiger partial charge in [-0.1, -0.05) is 12.1 Å². The summed E-state index contributed by atoms with van der Waals surface area (Å²) in [4.78, 5) is 8.82. The van der Waals surface area contributed by atoms with Gasteiger partial charge in [0, 0.05) is 43.9 Å². The minimum atomic E-state index is -0.266. The number of benzene rings is 2. The Labute approximate surface area is 200 Å². The number of halogens is 2. The van der Waals surface area contributed by atoms with Gasteiger partial charge in [0.05, 0.1) is 26.5 Å². The fourth-order valence-corrected chi connectivity index (χ4v) is 3.15. The van der Waals surface area contributed by atoms with Crippen molar-refractivity contribution in [2.45, 2.75) is 13.0 Å². The first kappa shape index (κ1) is 26.3. The van der Waals surface area contributed by atoms with Gasteiger partial charge in [0.25, 0.3) is 0 Å². The molecule has 3 rings (SSSR count). The second kappa shape index (κ2) is 13.6. The Morgan fingerprint density at radius 3 is 2.39 bits per heavy atom. The van der Waals surface area contributed by atoms with Crippen LogP contribution in [0.25, 0.3) is 11.3 Å². The van der Waals surface area contributed by atoms with E-state index in [1.807, 2.05) is 30.3 Å². The van der Waals surface area contributed by atoms with Crippen molar-refractivity contribution in [2.24, 2.45) is 0 Å². The van der Waals surface area contributed by atoms with Crippen LogP contribution in [0.1, 0.15) is 11.1 Å². The summed E-state index contributed by atoms with van der Waals surface area (Å²) in [5, 5.41) is 6.48. The van der Waals surface area contributed by atoms with Crippen molar-refractivity contribution in [1.29, 1.82) is 0 Å². The SMILES string of the molecule is COCCNCc1cc(-c2cc(NCCc3ccc(OC)cc3)nc(OC)n2)ccc1F.Cl. The molecule has 7 nitrogen and oxygen atoms in total. The molecule has 0 aliphatic heterocycles. The van der Waals surface area contributed by atoms with Crippen LogP contribution in [-0.2, 0) is 17.7 Å². The topological polar surface area (TPSA) is 77.5 Å². The number of aromatic nitrogens is 2. The van der Waals surface area contributed by atoms with E-state index >= 15 is 0 Å². The Bertz CT molecular complexity index is 1010. The standard InChI is InChI=1S/C24H29FN4O3.ClH/c1-30-13-12-26-16-19-14-18(6-9-21(19)25)22-15-23(29-24(28-22)32-3)27-11-10-17-4-7-20(31-2)8-5-17;/h4-9,14-15,26H,10-13,16H2,1-3H3,(H,27,28,29);1H. The van der Waals surface area contributed by atoms with Gasteiger partial charge < -0.3 is 24.8 Å². The molecule has 2 aromatic carbocycles. The van der Waals surface area contributed by atoms with Crippen LogP contribution in [0.5, 0.6) is 11.8 Å². The molecule has 0 fully saturated rings. The van der Waals surface area contributed by atoms with Gasteiger partial charge in [-0.15, -0.1) is 12.4 Å². The smallest absolute Gasteiger partial charge is 0.318 e. The molecule has 0 spiro atoms. The van der Waals surface area contributed by atoms with Gasteiger partial charge in [-0.05, 0) is 42.3 Å². The number of hydrogen-bond acceptors (Lipinski definition) is 7. The summed E-state index contributed by atoms with van der Waals surface area (Å²) in [6.45, 7) is 2.29. The van der Waals surface area contributed by atoms with Gasteiger partial charge in [0.1, 0.15) is 17.4 Å². The number of nitrogens with zero attached hydrogens (tertiary/aromatic N) is 2. The van der Waals surface area contributed by atoms with Crippen molar-refractivity contribution in [3.05, 3.63) is 65.5 Å². The number of rotatable bonds is 12. The zero-order chi connectivity index (χ0) is 22.8. The molecule has 33 heavy (non-hydrogen) atoms. The second-order valence-electron chi connectivity index (χ2n) is 7.13. The molecule has 0 aliphatic rings. The van der Waals surface area contributed by atoms with E-state index in [1.165, 1.54) is 18.7 Å². The lowest BCUT2D eigenvalue weighted by molar-refractivity contribution is 0.199. The number of nitrogens with one attached hydrogen (secondary N) is 2. The van der Waals surface area contributed by atoms with Crippen LogP contribution in [-0.4, -0.2) is 51.0 Å². The molecule has 1 heterocycles. The first-order chi connectivity index (χ1) is 15.6. The summed E-state index contributed by atoms with van der Waals surface area (Å²) in [6, 6.07) is 15.0. The summed E-state index contributed by atoms with van der Waals surface area (Å²) in [7, 11) is 4.81. The molecule has 2 N–H and O–H groups in total. The van der Waals surface area contributed by atoms with Crippen LogP contribution < -0.4 is 20.1 Å². The second-order valence-corrected chi connectivity index (χ2v) is 7.13. The number of ether oxygens (including phenoxy) is 3. The van der Waals surface area contributed by atoms with Crippen molar-refractivity contribution in [2.75, 3.05) is 46.3 Å². The highest BCUT2D eigenvalue weighted by Crippen LogP contribution is 2.24. The third-order valence-electron chi connectivity index (χ3n) is 4.91. The van der Waals surface area contributed by atoms with E-state index in [0.29, 0.717) is 43.3 Å². The fourth-order valence-electron chi connectivity index (χ4n) is 3.15. The van der Waals surface area contributed by atoms with Crippen molar-refractivity contribution < 1.29 is 18.6 Å². The molecule has 178 valence electrons. The molecule has 1 aromatic heterocycles. The minimum Gasteiger partial charge on any atom is -0.497 e. The van der Waals surface area contributed by atoms with Crippen LogP contribution in [0.2, 0.25) is 0 Å². The lowest BCUT2D eigenvalue weighted by atomic mass is 10.1. The highest BCUT2D eigenvalue weighted by Gasteiger charge is 2.10. The summed E-state index contributed by atoms with van der Waals surface area (Å²) in [5.41, 5.74) is 3.18. The largest absolute Gasteiger partial charge is 0.497 e. The predicted molar refractivity (Wildman–Crippen MR) is 130 cm³/mol. The van der Waals surface area contributed by atoms with E-state index in [-0.39, 0.29) is 24.2 Å². The van der Waals surface area contributed by atoms with Crippen molar-refractivity contribution in [3.63, 3.8) is 0 Å². The van der Waals surface area contributed by atoms with Crippen LogP contribution in [0.3, 0.4) is 0 Å². The van der Waals surface area contributed by atoms with E-state index in [1.54, 1.807) is 26.4 Å². The number of hydrogen-bond donors (Lipinski definition) is 2. The maximum Gasteiger partial charge on any atom is 0.318 e. The monoisotopic (exact) mass is 476 g/mol. The highest BCUT2D eigenvalue weighted by atomic mass is 35.5. The van der Waals surface area contributed by atoms with Crippen molar-refractivity contribution >= 4 is 18.2 Å². The average molecular weight is 477 g/mol. The average Bonchev–Trinajstić information content (AvgIpc) is 2.83. The van der Waals surface area contributed by atoms with Gasteiger partial charge in [-0.25, -0.2) is 4.39 Å². The van der Waals surface area contributed by atoms with Gasteiger partial charge in [0.15, 0.2) is 0 Å². The molecule has 0 amide bonds. The van der Waals surface area contributed by atoms with Crippen LogP contribution >= 0.6 is 12.4 Å². The molecule has 0 bridgehead atoms. The van der Waals surface area contributed by atoms with E-state index < -0.39 is 0 Å². The molecule has 0 aliphatic carbocycles. The van der Waals surface area contributed by atoms with E-state index in [4.69, 9.17) is 14.2 Å². The first-order valence-electron chi connectivity index (χ1n) is 10.4. The Morgan fingerprint density at radius 2 is 1.70 bits per heavy atom. The maximum atomic E-state index is 14.2. The van der Waals surface area contributed by atoms with E-state index in [9.17, 15) is 4.39 Å². The first-order valence-corrected chi connectivity index (χ1v) is 10.4. The summed E-state index contributed by atoms with van der Waals surface area (Å²) < 4.78 is 29.7. The molecular formula is C24H30ClFN4O3. The number of anilines is 1. The lowest BCUT2D eigenvalue weighted by Crippen LogP contribution is -2.19. The molecular weight excluding hydrogens is 447 g/mol. The summed E-state index contributed by atoms with van der Waals surface area (Å²) in [6.07, 6.45) is 0.819. The van der Waals surface area contributed by atoms with Gasteiger partial charge in [-0.3, -0.25) is 0 Å². The highest BCUT2D eigenvalue weighted by molar-refractivity contribution is 5.85. The van der Waals surface area contributed by atoms with E-state index in [0.717, 1.165) is 17.7 Å². The zero-order valence-corrected chi connectivity index (χ0v) is 19.9. The summed E-state index contributed by atoms with van der Waals surface area (Å²) >= 11 is 0. The van der Waals surface area contributed by atoms with Crippen molar-refractivity contribution in [3.8, 4) is 23.0 Å². The third-order valence-corrected chi connectivity index (χ3v) is 4.91. The molecule has 9 heteroatoms. The molecule has 0 saturated carbocycles. The normalized spacial score (nSPS) is 10.4. The molecule has 3 aromatic rings. The summed E-state index contributed by atoms with van der Waals surface area (Å²) in [5.74, 6) is 1.21. The van der Waals surface area contributed by atoms with Crippen LogP contribution in [0, 0.1) is 5.82 Å². The van der Waals surface area contributed by atoms with Crippen LogP contribution in [0.15, 0.2) is 48.5 Å². The lowest BCUT2D eigenvalue weighted by Gasteiger charge is -2.11. The minimum absolute atomic E-state index is 0. The molecule has 0 atom stereocenters. The quantitative estimate of drug-likeness (QED) is 0.381. The third kappa shape index (κ3) is 7.85. The molecule has 0 unspecified atom stereocenters. The van der Waals surface area contributed by atoms with Gasteiger partial charge >= 0.3 is 6.01 Å². The van der Waals surface area contributed by atoms with Crippen molar-refractivity contribution in [1.82, 2.24) is 15.3 Å². The maximum absolute atomic E-state index is 14.2. The molecule has 0 radical (unpaired) electrons. The Morgan fingerprint density at radius 1 is 0.909 bits per heavy atom. The fraction of sp³-hybridized carbons (Fsp3) is 0.333. The van der Waals surface area contributed by atoms with Gasteiger partial charge in [-0.2, -0.15) is 9.97 Å². The number of methoxy groups -OCH3 is 3. The van der Waals surface area contributed by atoms with Gasteiger partial charge in [0.2, 0.25) is 0 Å². The molecule has 0 saturated heterocycles. The Balaban J connectivity index is 0.00000385. The zero-order valence-electron chi connectivity index (χ0n) is 19.1. The predicted octanol–water partition coefficient (Wildman–Crippen LogP) is 4.11. The van der Waals surface area contributed by atoms with E-state index in [2.05, 4.69) is 20.6 Å². The Kier molecular flexibility index (Phi) is 10.8. The Hall–Kier alpha value is -2.94. The van der Waals surface area contributed by atoms with Crippen LogP contribution in [0.4, 0.5) is 10.2 Å².